The Kier molecular flexibility index (Phi) is 6.13. The van der Waals surface area contributed by atoms with E-state index in [-0.39, 0.29) is 18.0 Å². The summed E-state index contributed by atoms with van der Waals surface area (Å²) in [6, 6.07) is 5.00. The number of carboxylic acids is 1. The molecule has 1 spiro atoms. The van der Waals surface area contributed by atoms with Crippen molar-refractivity contribution in [2.75, 3.05) is 18.1 Å². The van der Waals surface area contributed by atoms with Gasteiger partial charge in [0.2, 0.25) is 5.91 Å². The molecule has 8 nitrogen and oxygen atoms in total. The standard InChI is InChI=1S/C22H24BrClN2O6/c1-3-8-25(14-7-5-4-6-13(14)24)20(29)18-22-9-12(23)17(32-22)15(21(30)31)16(22)19(28)26(18)11(2)10-27/h3-7,11-12,15-18,27H,1,8-10H2,2H3,(H,30,31)/t11-,12?,15-,16+,17-,18-,22+/m1/s1. The Bertz CT molecular complexity index is 975. The fraction of sp³-hybridized carbons (Fsp3) is 0.500. The lowest BCUT2D eigenvalue weighted by molar-refractivity contribution is -0.150. The number of hydrogen-bond donors (Lipinski definition) is 2. The number of fused-ring (bicyclic) bond motifs is 1. The smallest absolute Gasteiger partial charge is 0.310 e. The number of anilines is 1. The molecule has 2 bridgehead atoms. The average Bonchev–Trinajstić information content (AvgIpc) is 3.35. The zero-order valence-corrected chi connectivity index (χ0v) is 19.7. The number of aliphatic hydroxyl groups is 1. The van der Waals surface area contributed by atoms with Crippen molar-refractivity contribution in [3.63, 3.8) is 0 Å². The maximum absolute atomic E-state index is 14.1. The average molecular weight is 528 g/mol. The number of likely N-dealkylation sites (tertiary alicyclic amines) is 1. The van der Waals surface area contributed by atoms with Gasteiger partial charge in [-0.2, -0.15) is 0 Å². The normalized spacial score (nSPS) is 33.8. The Labute approximate surface area is 198 Å². The van der Waals surface area contributed by atoms with Crippen molar-refractivity contribution in [3.8, 4) is 0 Å². The third-order valence-electron chi connectivity index (χ3n) is 6.71. The van der Waals surface area contributed by atoms with Crippen LogP contribution in [0.4, 0.5) is 5.69 Å². The van der Waals surface area contributed by atoms with Gasteiger partial charge in [0.25, 0.3) is 5.91 Å². The molecule has 7 atom stereocenters. The number of para-hydroxylation sites is 1. The van der Waals surface area contributed by atoms with Crippen LogP contribution in [-0.4, -0.2) is 74.7 Å². The Morgan fingerprint density at radius 1 is 1.47 bits per heavy atom. The number of aliphatic carboxylic acids is 1. The predicted octanol–water partition coefficient (Wildman–Crippen LogP) is 2.07. The molecule has 3 fully saturated rings. The molecular formula is C22H24BrClN2O6. The number of rotatable bonds is 7. The number of hydrogen-bond acceptors (Lipinski definition) is 5. The summed E-state index contributed by atoms with van der Waals surface area (Å²) in [7, 11) is 0. The molecule has 3 aliphatic heterocycles. The first-order valence-electron chi connectivity index (χ1n) is 10.3. The number of carbonyl (C=O) groups is 3. The molecule has 32 heavy (non-hydrogen) atoms. The Hall–Kier alpha value is -1.94. The largest absolute Gasteiger partial charge is 0.481 e. The van der Waals surface area contributed by atoms with Crippen LogP contribution < -0.4 is 4.90 Å². The summed E-state index contributed by atoms with van der Waals surface area (Å²) in [5.74, 6) is -4.19. The number of aliphatic hydroxyl groups excluding tert-OH is 1. The minimum Gasteiger partial charge on any atom is -0.481 e. The number of amides is 2. The number of alkyl halides is 1. The van der Waals surface area contributed by atoms with Crippen LogP contribution in [0.5, 0.6) is 0 Å². The summed E-state index contributed by atoms with van der Waals surface area (Å²) in [6.07, 6.45) is 1.12. The maximum Gasteiger partial charge on any atom is 0.310 e. The van der Waals surface area contributed by atoms with Crippen LogP contribution in [0, 0.1) is 11.8 Å². The molecular weight excluding hydrogens is 504 g/mol. The monoisotopic (exact) mass is 526 g/mol. The van der Waals surface area contributed by atoms with Crippen molar-refractivity contribution >= 4 is 51.0 Å². The van der Waals surface area contributed by atoms with E-state index in [0.29, 0.717) is 17.1 Å². The van der Waals surface area contributed by atoms with E-state index in [1.54, 1.807) is 37.3 Å². The molecule has 1 aromatic rings. The number of halogens is 2. The molecule has 3 aliphatic rings. The zero-order valence-electron chi connectivity index (χ0n) is 17.4. The number of nitrogens with zero attached hydrogens (tertiary/aromatic N) is 2. The van der Waals surface area contributed by atoms with Gasteiger partial charge >= 0.3 is 5.97 Å². The highest BCUT2D eigenvalue weighted by Gasteiger charge is 2.77. The number of carboxylic acid groups (broad SMARTS) is 1. The highest BCUT2D eigenvalue weighted by atomic mass is 79.9. The van der Waals surface area contributed by atoms with E-state index in [4.69, 9.17) is 16.3 Å². The van der Waals surface area contributed by atoms with Gasteiger partial charge in [-0.1, -0.05) is 45.7 Å². The van der Waals surface area contributed by atoms with Crippen LogP contribution in [0.15, 0.2) is 36.9 Å². The predicted molar refractivity (Wildman–Crippen MR) is 121 cm³/mol. The van der Waals surface area contributed by atoms with Crippen LogP contribution in [0.1, 0.15) is 13.3 Å². The summed E-state index contributed by atoms with van der Waals surface area (Å²) in [5.41, 5.74) is -0.874. The Balaban J connectivity index is 1.85. The van der Waals surface area contributed by atoms with E-state index in [1.165, 1.54) is 9.80 Å². The van der Waals surface area contributed by atoms with Crippen LogP contribution in [0.25, 0.3) is 0 Å². The molecule has 3 heterocycles. The summed E-state index contributed by atoms with van der Waals surface area (Å²) in [5, 5.41) is 20.1. The summed E-state index contributed by atoms with van der Waals surface area (Å²) < 4.78 is 6.22. The molecule has 172 valence electrons. The molecule has 0 saturated carbocycles. The minimum absolute atomic E-state index is 0.124. The highest BCUT2D eigenvalue weighted by molar-refractivity contribution is 9.09. The number of benzene rings is 1. The van der Waals surface area contributed by atoms with E-state index >= 15 is 0 Å². The van der Waals surface area contributed by atoms with Crippen molar-refractivity contribution in [1.29, 1.82) is 0 Å². The lowest BCUT2D eigenvalue weighted by atomic mass is 9.70. The van der Waals surface area contributed by atoms with E-state index in [1.807, 2.05) is 0 Å². The molecule has 0 aliphatic carbocycles. The van der Waals surface area contributed by atoms with Crippen LogP contribution in [-0.2, 0) is 19.1 Å². The topological polar surface area (TPSA) is 107 Å². The van der Waals surface area contributed by atoms with Gasteiger partial charge < -0.3 is 24.7 Å². The second-order valence-electron chi connectivity index (χ2n) is 8.47. The van der Waals surface area contributed by atoms with Crippen LogP contribution in [0.3, 0.4) is 0 Å². The highest BCUT2D eigenvalue weighted by Crippen LogP contribution is 2.60. The zero-order chi connectivity index (χ0) is 23.4. The fourth-order valence-corrected chi connectivity index (χ4v) is 6.63. The molecule has 2 amide bonds. The molecule has 2 N–H and O–H groups in total. The first-order chi connectivity index (χ1) is 15.2. The van der Waals surface area contributed by atoms with Crippen molar-refractivity contribution in [2.45, 2.75) is 42.0 Å². The fourth-order valence-electron chi connectivity index (χ4n) is 5.45. The molecule has 0 aromatic heterocycles. The summed E-state index contributed by atoms with van der Waals surface area (Å²) >= 11 is 9.87. The second kappa shape index (κ2) is 8.44. The Morgan fingerprint density at radius 3 is 2.75 bits per heavy atom. The van der Waals surface area contributed by atoms with Gasteiger partial charge in [-0.15, -0.1) is 6.58 Å². The molecule has 10 heteroatoms. The minimum atomic E-state index is -1.32. The van der Waals surface area contributed by atoms with Crippen LogP contribution >= 0.6 is 27.5 Å². The van der Waals surface area contributed by atoms with Crippen molar-refractivity contribution < 1.29 is 29.3 Å². The first kappa shape index (κ1) is 23.2. The second-order valence-corrected chi connectivity index (χ2v) is 10.1. The third-order valence-corrected chi connectivity index (χ3v) is 7.87. The van der Waals surface area contributed by atoms with Gasteiger partial charge in [0.05, 0.1) is 41.3 Å². The quantitative estimate of drug-likeness (QED) is 0.415. The lowest BCUT2D eigenvalue weighted by Gasteiger charge is -2.38. The van der Waals surface area contributed by atoms with Crippen LogP contribution in [0.2, 0.25) is 5.02 Å². The van der Waals surface area contributed by atoms with Gasteiger partial charge in [-0.3, -0.25) is 14.4 Å². The van der Waals surface area contributed by atoms with Gasteiger partial charge in [0.15, 0.2) is 0 Å². The van der Waals surface area contributed by atoms with Gasteiger partial charge in [-0.05, 0) is 25.5 Å². The van der Waals surface area contributed by atoms with Crippen molar-refractivity contribution in [1.82, 2.24) is 4.90 Å². The van der Waals surface area contributed by atoms with Crippen molar-refractivity contribution in [2.24, 2.45) is 11.8 Å². The van der Waals surface area contributed by atoms with Crippen molar-refractivity contribution in [3.05, 3.63) is 41.9 Å². The molecule has 1 aromatic carbocycles. The van der Waals surface area contributed by atoms with E-state index in [9.17, 15) is 24.6 Å². The molecule has 4 rings (SSSR count). The SMILES string of the molecule is C=CCN(C(=O)[C@H]1N([C@H](C)CO)C(=O)[C@@H]2[C@@H](C(=O)O)[C@@H]3O[C@@]21CC3Br)c1ccccc1Cl. The summed E-state index contributed by atoms with van der Waals surface area (Å²) in [6.45, 7) is 5.10. The molecule has 1 unspecified atom stereocenters. The van der Waals surface area contributed by atoms with Gasteiger partial charge in [-0.25, -0.2) is 0 Å². The van der Waals surface area contributed by atoms with E-state index < -0.39 is 53.4 Å². The van der Waals surface area contributed by atoms with E-state index in [0.717, 1.165) is 0 Å². The number of ether oxygens (including phenoxy) is 1. The molecule has 0 radical (unpaired) electrons. The lowest BCUT2D eigenvalue weighted by Crippen LogP contribution is -2.58. The third kappa shape index (κ3) is 3.21. The first-order valence-corrected chi connectivity index (χ1v) is 11.6. The maximum atomic E-state index is 14.1. The summed E-state index contributed by atoms with van der Waals surface area (Å²) in [4.78, 5) is 42.1. The Morgan fingerprint density at radius 2 is 2.16 bits per heavy atom. The van der Waals surface area contributed by atoms with Gasteiger partial charge in [0, 0.05) is 11.4 Å². The number of carbonyl (C=O) groups excluding carboxylic acids is 2. The van der Waals surface area contributed by atoms with Gasteiger partial charge in [0.1, 0.15) is 11.6 Å². The van der Waals surface area contributed by atoms with E-state index in [2.05, 4.69) is 22.5 Å². The molecule has 3 saturated heterocycles.